The minimum Gasteiger partial charge on any atom is -0.383 e. The van der Waals surface area contributed by atoms with E-state index in [4.69, 9.17) is 10.5 Å². The number of rotatable bonds is 4. The summed E-state index contributed by atoms with van der Waals surface area (Å²) in [5.74, 6) is 0. The third-order valence-electron chi connectivity index (χ3n) is 3.92. The van der Waals surface area contributed by atoms with Crippen molar-refractivity contribution < 1.29 is 4.74 Å². The van der Waals surface area contributed by atoms with Crippen LogP contribution in [0.4, 0.5) is 0 Å². The minimum absolute atomic E-state index is 0.153. The van der Waals surface area contributed by atoms with E-state index in [0.29, 0.717) is 12.6 Å². The molecular weight excluding hydrogens is 202 g/mol. The molecule has 2 aliphatic rings. The van der Waals surface area contributed by atoms with Crippen molar-refractivity contribution in [2.45, 2.75) is 37.9 Å². The number of hydrogen-bond acceptors (Lipinski definition) is 4. The van der Waals surface area contributed by atoms with Gasteiger partial charge in [0.25, 0.3) is 0 Å². The Hall–Kier alpha value is -0.160. The molecule has 0 radical (unpaired) electrons. The Morgan fingerprint density at radius 3 is 3.00 bits per heavy atom. The molecule has 0 aliphatic carbocycles. The maximum absolute atomic E-state index is 6.03. The molecule has 3 atom stereocenters. The van der Waals surface area contributed by atoms with E-state index in [0.717, 1.165) is 12.6 Å². The van der Waals surface area contributed by atoms with Crippen LogP contribution < -0.4 is 5.73 Å². The molecule has 16 heavy (non-hydrogen) atoms. The van der Waals surface area contributed by atoms with Gasteiger partial charge in [0.1, 0.15) is 0 Å². The molecule has 4 heteroatoms. The van der Waals surface area contributed by atoms with Crippen molar-refractivity contribution in [3.8, 4) is 0 Å². The molecule has 3 unspecified atom stereocenters. The second kappa shape index (κ2) is 5.45. The first kappa shape index (κ1) is 12.3. The van der Waals surface area contributed by atoms with Gasteiger partial charge in [-0.25, -0.2) is 0 Å². The van der Waals surface area contributed by atoms with E-state index in [-0.39, 0.29) is 6.04 Å². The second-order valence-corrected chi connectivity index (χ2v) is 5.31. The fourth-order valence-electron chi connectivity index (χ4n) is 3.07. The van der Waals surface area contributed by atoms with Crippen LogP contribution in [0.1, 0.15) is 19.8 Å². The quantitative estimate of drug-likeness (QED) is 0.741. The van der Waals surface area contributed by atoms with Crippen LogP contribution >= 0.6 is 0 Å². The molecule has 0 aromatic heterocycles. The van der Waals surface area contributed by atoms with Gasteiger partial charge in [-0.3, -0.25) is 9.80 Å². The van der Waals surface area contributed by atoms with Gasteiger partial charge in [-0.2, -0.15) is 0 Å². The maximum atomic E-state index is 6.03. The molecule has 2 saturated heterocycles. The molecule has 0 amide bonds. The van der Waals surface area contributed by atoms with Crippen molar-refractivity contribution in [1.29, 1.82) is 0 Å². The van der Waals surface area contributed by atoms with Crippen molar-refractivity contribution in [1.82, 2.24) is 9.80 Å². The third kappa shape index (κ3) is 2.74. The first-order chi connectivity index (χ1) is 7.70. The van der Waals surface area contributed by atoms with Gasteiger partial charge in [0.05, 0.1) is 6.61 Å². The molecule has 2 fully saturated rings. The summed E-state index contributed by atoms with van der Waals surface area (Å²) in [7, 11) is 1.72. The predicted octanol–water partition coefficient (Wildman–Crippen LogP) is 0.129. The van der Waals surface area contributed by atoms with Crippen LogP contribution in [0.25, 0.3) is 0 Å². The average Bonchev–Trinajstić information content (AvgIpc) is 2.65. The summed E-state index contributed by atoms with van der Waals surface area (Å²) >= 11 is 0. The number of ether oxygens (including phenoxy) is 1. The van der Waals surface area contributed by atoms with Crippen LogP contribution in [0.2, 0.25) is 0 Å². The number of piperazine rings is 1. The van der Waals surface area contributed by atoms with Gasteiger partial charge < -0.3 is 10.5 Å². The lowest BCUT2D eigenvalue weighted by molar-refractivity contribution is 0.0470. The van der Waals surface area contributed by atoms with Gasteiger partial charge in [-0.15, -0.1) is 0 Å². The molecule has 0 aromatic rings. The largest absolute Gasteiger partial charge is 0.383 e. The lowest BCUT2D eigenvalue weighted by atomic mass is 10.1. The summed E-state index contributed by atoms with van der Waals surface area (Å²) in [6, 6.07) is 1.57. The summed E-state index contributed by atoms with van der Waals surface area (Å²) < 4.78 is 5.10. The molecule has 4 nitrogen and oxygen atoms in total. The van der Waals surface area contributed by atoms with Crippen LogP contribution in [0, 0.1) is 0 Å². The molecule has 2 heterocycles. The number of fused-ring (bicyclic) bond motifs is 1. The molecule has 2 rings (SSSR count). The first-order valence-electron chi connectivity index (χ1n) is 6.43. The van der Waals surface area contributed by atoms with E-state index < -0.39 is 0 Å². The van der Waals surface area contributed by atoms with E-state index in [2.05, 4.69) is 16.7 Å². The van der Waals surface area contributed by atoms with E-state index in [1.165, 1.54) is 32.5 Å². The fraction of sp³-hybridized carbons (Fsp3) is 1.00. The lowest BCUT2D eigenvalue weighted by Gasteiger charge is -2.43. The zero-order valence-corrected chi connectivity index (χ0v) is 10.6. The zero-order valence-electron chi connectivity index (χ0n) is 10.6. The van der Waals surface area contributed by atoms with Crippen molar-refractivity contribution in [3.63, 3.8) is 0 Å². The van der Waals surface area contributed by atoms with Gasteiger partial charge in [-0.1, -0.05) is 0 Å². The average molecular weight is 227 g/mol. The molecule has 0 aromatic carbocycles. The third-order valence-corrected chi connectivity index (χ3v) is 3.92. The number of methoxy groups -OCH3 is 1. The van der Waals surface area contributed by atoms with E-state index in [1.807, 2.05) is 0 Å². The summed E-state index contributed by atoms with van der Waals surface area (Å²) in [5, 5.41) is 0. The van der Waals surface area contributed by atoms with Crippen molar-refractivity contribution >= 4 is 0 Å². The molecule has 2 N–H and O–H groups in total. The van der Waals surface area contributed by atoms with E-state index in [9.17, 15) is 0 Å². The zero-order chi connectivity index (χ0) is 11.5. The monoisotopic (exact) mass is 227 g/mol. The minimum atomic E-state index is 0.153. The Bertz CT molecular complexity index is 224. The maximum Gasteiger partial charge on any atom is 0.0626 e. The molecule has 0 spiro atoms. The Morgan fingerprint density at radius 2 is 2.25 bits per heavy atom. The Morgan fingerprint density at radius 1 is 1.44 bits per heavy atom. The smallest absolute Gasteiger partial charge is 0.0626 e. The van der Waals surface area contributed by atoms with E-state index >= 15 is 0 Å². The summed E-state index contributed by atoms with van der Waals surface area (Å²) in [4.78, 5) is 5.18. The first-order valence-corrected chi connectivity index (χ1v) is 6.43. The van der Waals surface area contributed by atoms with Gasteiger partial charge in [-0.05, 0) is 26.3 Å². The second-order valence-electron chi connectivity index (χ2n) is 5.31. The summed E-state index contributed by atoms with van der Waals surface area (Å²) in [6.07, 6.45) is 2.73. The number of hydrogen-bond donors (Lipinski definition) is 1. The number of nitrogens with two attached hydrogens (primary N) is 1. The SMILES string of the molecule is COCC(N)CN1CC2CCCN2CC1C. The van der Waals surface area contributed by atoms with Crippen LogP contribution in [-0.2, 0) is 4.74 Å². The highest BCUT2D eigenvalue weighted by atomic mass is 16.5. The Labute approximate surface area is 98.7 Å². The molecular formula is C12H25N3O. The lowest BCUT2D eigenvalue weighted by Crippen LogP contribution is -2.57. The van der Waals surface area contributed by atoms with Crippen LogP contribution in [0.5, 0.6) is 0 Å². The summed E-state index contributed by atoms with van der Waals surface area (Å²) in [6.45, 7) is 7.65. The van der Waals surface area contributed by atoms with Crippen molar-refractivity contribution in [2.75, 3.05) is 39.9 Å². The summed E-state index contributed by atoms with van der Waals surface area (Å²) in [5.41, 5.74) is 6.03. The standard InChI is InChI=1S/C12H25N3O/c1-10-6-14-5-3-4-12(14)8-15(10)7-11(13)9-16-2/h10-12H,3-9,13H2,1-2H3. The number of nitrogens with zero attached hydrogens (tertiary/aromatic N) is 2. The van der Waals surface area contributed by atoms with Gasteiger partial charge in [0.2, 0.25) is 0 Å². The highest BCUT2D eigenvalue weighted by Crippen LogP contribution is 2.24. The van der Waals surface area contributed by atoms with Crippen molar-refractivity contribution in [2.24, 2.45) is 5.73 Å². The van der Waals surface area contributed by atoms with Crippen molar-refractivity contribution in [3.05, 3.63) is 0 Å². The normalized spacial score (nSPS) is 33.9. The van der Waals surface area contributed by atoms with Crippen LogP contribution in [-0.4, -0.2) is 67.8 Å². The highest BCUT2D eigenvalue weighted by Gasteiger charge is 2.34. The molecule has 0 bridgehead atoms. The molecule has 2 aliphatic heterocycles. The molecule has 94 valence electrons. The Balaban J connectivity index is 1.84. The van der Waals surface area contributed by atoms with Gasteiger partial charge in [0, 0.05) is 44.9 Å². The Kier molecular flexibility index (Phi) is 4.19. The van der Waals surface area contributed by atoms with Gasteiger partial charge in [0.15, 0.2) is 0 Å². The fourth-order valence-corrected chi connectivity index (χ4v) is 3.07. The van der Waals surface area contributed by atoms with Gasteiger partial charge >= 0.3 is 0 Å². The highest BCUT2D eigenvalue weighted by molar-refractivity contribution is 4.91. The predicted molar refractivity (Wildman–Crippen MR) is 65.5 cm³/mol. The van der Waals surface area contributed by atoms with E-state index in [1.54, 1.807) is 7.11 Å². The van der Waals surface area contributed by atoms with Crippen LogP contribution in [0.15, 0.2) is 0 Å². The van der Waals surface area contributed by atoms with Crippen LogP contribution in [0.3, 0.4) is 0 Å². The molecule has 0 saturated carbocycles. The topological polar surface area (TPSA) is 41.7 Å².